The third-order valence-corrected chi connectivity index (χ3v) is 3.28. The molecule has 1 atom stereocenters. The van der Waals surface area contributed by atoms with E-state index in [1.165, 1.54) is 11.3 Å². The van der Waals surface area contributed by atoms with E-state index in [-0.39, 0.29) is 12.1 Å². The van der Waals surface area contributed by atoms with Crippen molar-refractivity contribution in [1.29, 1.82) is 0 Å². The van der Waals surface area contributed by atoms with E-state index in [2.05, 4.69) is 43.9 Å². The zero-order valence-electron chi connectivity index (χ0n) is 11.6. The highest BCUT2D eigenvalue weighted by atomic mass is 16.5. The molecule has 1 unspecified atom stereocenters. The molecular weight excluding hydrogens is 224 g/mol. The molecule has 3 nitrogen and oxygen atoms in total. The van der Waals surface area contributed by atoms with E-state index < -0.39 is 0 Å². The quantitative estimate of drug-likeness (QED) is 0.894. The standard InChI is InChI=1S/C15H24N2O/c1-11(2)18-15-7-6-12(3)9-14(15)17-8-4-5-13(16)10-17/h6-7,9,11,13H,4-5,8,10,16H2,1-3H3. The first-order valence-electron chi connectivity index (χ1n) is 6.84. The third kappa shape index (κ3) is 3.16. The lowest BCUT2D eigenvalue weighted by atomic mass is 10.0. The molecule has 1 fully saturated rings. The second-order valence-corrected chi connectivity index (χ2v) is 5.49. The monoisotopic (exact) mass is 248 g/mol. The van der Waals surface area contributed by atoms with E-state index in [0.29, 0.717) is 0 Å². The second-order valence-electron chi connectivity index (χ2n) is 5.49. The van der Waals surface area contributed by atoms with Gasteiger partial charge in [-0.2, -0.15) is 0 Å². The van der Waals surface area contributed by atoms with Crippen molar-refractivity contribution in [2.24, 2.45) is 5.73 Å². The van der Waals surface area contributed by atoms with Crippen LogP contribution in [0.1, 0.15) is 32.3 Å². The second kappa shape index (κ2) is 5.61. The van der Waals surface area contributed by atoms with Gasteiger partial charge in [-0.25, -0.2) is 0 Å². The van der Waals surface area contributed by atoms with Crippen LogP contribution in [0.25, 0.3) is 0 Å². The number of ether oxygens (including phenoxy) is 1. The molecule has 0 radical (unpaired) electrons. The number of piperidine rings is 1. The highest BCUT2D eigenvalue weighted by Crippen LogP contribution is 2.32. The van der Waals surface area contributed by atoms with E-state index in [1.54, 1.807) is 0 Å². The van der Waals surface area contributed by atoms with Crippen LogP contribution in [-0.2, 0) is 0 Å². The van der Waals surface area contributed by atoms with Crippen molar-refractivity contribution in [2.75, 3.05) is 18.0 Å². The Morgan fingerprint density at radius 1 is 1.39 bits per heavy atom. The van der Waals surface area contributed by atoms with Gasteiger partial charge in [-0.15, -0.1) is 0 Å². The summed E-state index contributed by atoms with van der Waals surface area (Å²) in [6.45, 7) is 8.24. The van der Waals surface area contributed by atoms with Gasteiger partial charge in [-0.1, -0.05) is 6.07 Å². The van der Waals surface area contributed by atoms with Gasteiger partial charge in [-0.3, -0.25) is 0 Å². The van der Waals surface area contributed by atoms with Gasteiger partial charge in [0.1, 0.15) is 5.75 Å². The Morgan fingerprint density at radius 2 is 2.17 bits per heavy atom. The first-order valence-corrected chi connectivity index (χ1v) is 6.84. The minimum Gasteiger partial charge on any atom is -0.489 e. The molecule has 1 heterocycles. The highest BCUT2D eigenvalue weighted by Gasteiger charge is 2.20. The predicted molar refractivity (Wildman–Crippen MR) is 76.4 cm³/mol. The molecule has 3 heteroatoms. The van der Waals surface area contributed by atoms with Gasteiger partial charge in [0, 0.05) is 19.1 Å². The summed E-state index contributed by atoms with van der Waals surface area (Å²) in [6, 6.07) is 6.66. The Labute approximate surface area is 110 Å². The number of benzene rings is 1. The van der Waals surface area contributed by atoms with Crippen molar-refractivity contribution >= 4 is 5.69 Å². The first-order chi connectivity index (χ1) is 8.56. The van der Waals surface area contributed by atoms with E-state index in [1.807, 2.05) is 0 Å². The van der Waals surface area contributed by atoms with Crippen LogP contribution in [0.2, 0.25) is 0 Å². The minimum atomic E-state index is 0.199. The topological polar surface area (TPSA) is 38.5 Å². The molecule has 0 aliphatic carbocycles. The zero-order chi connectivity index (χ0) is 13.1. The fraction of sp³-hybridized carbons (Fsp3) is 0.600. The average molecular weight is 248 g/mol. The predicted octanol–water partition coefficient (Wildman–Crippen LogP) is 2.71. The number of hydrogen-bond acceptors (Lipinski definition) is 3. The molecule has 1 aliphatic rings. The van der Waals surface area contributed by atoms with Gasteiger partial charge >= 0.3 is 0 Å². The summed E-state index contributed by atoms with van der Waals surface area (Å²) in [7, 11) is 0. The minimum absolute atomic E-state index is 0.199. The van der Waals surface area contributed by atoms with Crippen LogP contribution < -0.4 is 15.4 Å². The van der Waals surface area contributed by atoms with E-state index in [0.717, 1.165) is 31.7 Å². The molecule has 0 aromatic heterocycles. The van der Waals surface area contributed by atoms with Gasteiger partial charge in [0.2, 0.25) is 0 Å². The van der Waals surface area contributed by atoms with Crippen molar-refractivity contribution in [2.45, 2.75) is 45.8 Å². The van der Waals surface area contributed by atoms with Crippen molar-refractivity contribution < 1.29 is 4.74 Å². The normalized spacial score (nSPS) is 20.3. The van der Waals surface area contributed by atoms with Crippen LogP contribution >= 0.6 is 0 Å². The molecule has 0 amide bonds. The molecule has 1 saturated heterocycles. The summed E-state index contributed by atoms with van der Waals surface area (Å²) < 4.78 is 5.91. The van der Waals surface area contributed by atoms with Gasteiger partial charge in [0.05, 0.1) is 11.8 Å². The van der Waals surface area contributed by atoms with Crippen LogP contribution in [0.3, 0.4) is 0 Å². The number of hydrogen-bond donors (Lipinski definition) is 1. The largest absolute Gasteiger partial charge is 0.489 e. The number of nitrogens with zero attached hydrogens (tertiary/aromatic N) is 1. The maximum absolute atomic E-state index is 6.07. The molecular formula is C15H24N2O. The summed E-state index contributed by atoms with van der Waals surface area (Å²) in [4.78, 5) is 2.36. The van der Waals surface area contributed by atoms with Gasteiger partial charge in [0.15, 0.2) is 0 Å². The molecule has 18 heavy (non-hydrogen) atoms. The Bertz CT molecular complexity index is 403. The van der Waals surface area contributed by atoms with Gasteiger partial charge < -0.3 is 15.4 Å². The number of nitrogens with two attached hydrogens (primary N) is 1. The molecule has 1 aromatic carbocycles. The maximum atomic E-state index is 6.07. The molecule has 1 aromatic rings. The fourth-order valence-corrected chi connectivity index (χ4v) is 2.46. The van der Waals surface area contributed by atoms with E-state index in [4.69, 9.17) is 10.5 Å². The molecule has 2 rings (SSSR count). The van der Waals surface area contributed by atoms with Crippen LogP contribution in [0, 0.1) is 6.92 Å². The smallest absolute Gasteiger partial charge is 0.142 e. The Balaban J connectivity index is 2.26. The van der Waals surface area contributed by atoms with Gasteiger partial charge in [-0.05, 0) is 51.3 Å². The lowest BCUT2D eigenvalue weighted by Gasteiger charge is -2.34. The zero-order valence-corrected chi connectivity index (χ0v) is 11.6. The van der Waals surface area contributed by atoms with Crippen molar-refractivity contribution in [3.63, 3.8) is 0 Å². The fourth-order valence-electron chi connectivity index (χ4n) is 2.46. The van der Waals surface area contributed by atoms with Crippen LogP contribution in [0.5, 0.6) is 5.75 Å². The first kappa shape index (κ1) is 13.2. The molecule has 0 bridgehead atoms. The van der Waals surface area contributed by atoms with Gasteiger partial charge in [0.25, 0.3) is 0 Å². The average Bonchev–Trinajstić information content (AvgIpc) is 2.31. The van der Waals surface area contributed by atoms with Crippen LogP contribution in [0.15, 0.2) is 18.2 Å². The summed E-state index contributed by atoms with van der Waals surface area (Å²) in [5.74, 6) is 0.977. The summed E-state index contributed by atoms with van der Waals surface area (Å²) >= 11 is 0. The molecule has 100 valence electrons. The lowest BCUT2D eigenvalue weighted by molar-refractivity contribution is 0.242. The molecule has 0 saturated carbocycles. The molecule has 1 aliphatic heterocycles. The summed E-state index contributed by atoms with van der Waals surface area (Å²) in [5, 5.41) is 0. The number of aryl methyl sites for hydroxylation is 1. The molecule has 0 spiro atoms. The SMILES string of the molecule is Cc1ccc(OC(C)C)c(N2CCCC(N)C2)c1. The Morgan fingerprint density at radius 3 is 2.83 bits per heavy atom. The summed E-state index contributed by atoms with van der Waals surface area (Å²) in [5.41, 5.74) is 8.53. The lowest BCUT2D eigenvalue weighted by Crippen LogP contribution is -2.43. The Hall–Kier alpha value is -1.22. The molecule has 2 N–H and O–H groups in total. The van der Waals surface area contributed by atoms with E-state index >= 15 is 0 Å². The summed E-state index contributed by atoms with van der Waals surface area (Å²) in [6.07, 6.45) is 2.49. The number of anilines is 1. The number of rotatable bonds is 3. The van der Waals surface area contributed by atoms with Crippen molar-refractivity contribution in [3.8, 4) is 5.75 Å². The van der Waals surface area contributed by atoms with Crippen molar-refractivity contribution in [1.82, 2.24) is 0 Å². The Kier molecular flexibility index (Phi) is 4.12. The third-order valence-electron chi connectivity index (χ3n) is 3.28. The van der Waals surface area contributed by atoms with Crippen molar-refractivity contribution in [3.05, 3.63) is 23.8 Å². The maximum Gasteiger partial charge on any atom is 0.142 e. The van der Waals surface area contributed by atoms with E-state index in [9.17, 15) is 0 Å². The van der Waals surface area contributed by atoms with Crippen LogP contribution in [-0.4, -0.2) is 25.2 Å². The van der Waals surface area contributed by atoms with Crippen LogP contribution in [0.4, 0.5) is 5.69 Å². The highest BCUT2D eigenvalue weighted by molar-refractivity contribution is 5.60.